The summed E-state index contributed by atoms with van der Waals surface area (Å²) >= 11 is 1.46. The van der Waals surface area contributed by atoms with Gasteiger partial charge in [0.2, 0.25) is 11.8 Å². The van der Waals surface area contributed by atoms with E-state index in [1.807, 2.05) is 110 Å². The fourth-order valence-corrected chi connectivity index (χ4v) is 5.08. The zero-order valence-electron chi connectivity index (χ0n) is 21.0. The third-order valence-corrected chi connectivity index (χ3v) is 7.16. The Balaban J connectivity index is 1.52. The molecule has 1 unspecified atom stereocenters. The Morgan fingerprint density at radius 1 is 0.838 bits per heavy atom. The number of thioether (sulfide) groups is 1. The van der Waals surface area contributed by atoms with Gasteiger partial charge in [-0.05, 0) is 59.9 Å². The lowest BCUT2D eigenvalue weighted by molar-refractivity contribution is -0.116. The highest BCUT2D eigenvalue weighted by Crippen LogP contribution is 2.37. The van der Waals surface area contributed by atoms with Gasteiger partial charge in [0, 0.05) is 22.3 Å². The van der Waals surface area contributed by atoms with Crippen LogP contribution in [0, 0.1) is 6.92 Å². The number of benzene rings is 4. The average molecular weight is 507 g/mol. The van der Waals surface area contributed by atoms with Crippen LogP contribution in [-0.2, 0) is 16.0 Å². The molecule has 0 aliphatic heterocycles. The van der Waals surface area contributed by atoms with Gasteiger partial charge >= 0.3 is 0 Å². The molecule has 4 aromatic carbocycles. The van der Waals surface area contributed by atoms with Crippen molar-refractivity contribution in [2.24, 2.45) is 0 Å². The Morgan fingerprint density at radius 3 is 2.27 bits per heavy atom. The summed E-state index contributed by atoms with van der Waals surface area (Å²) in [5.41, 5.74) is 5.57. The van der Waals surface area contributed by atoms with Crippen LogP contribution in [-0.4, -0.2) is 11.8 Å². The number of hydrogen-bond acceptors (Lipinski definition) is 3. The third-order valence-electron chi connectivity index (χ3n) is 5.91. The van der Waals surface area contributed by atoms with E-state index in [4.69, 9.17) is 0 Å². The van der Waals surface area contributed by atoms with Crippen molar-refractivity contribution in [1.82, 2.24) is 0 Å². The molecule has 0 aliphatic rings. The predicted octanol–water partition coefficient (Wildman–Crippen LogP) is 7.68. The fourth-order valence-electron chi connectivity index (χ4n) is 3.99. The monoisotopic (exact) mass is 506 g/mol. The molecule has 0 saturated heterocycles. The molecule has 4 nitrogen and oxygen atoms in total. The van der Waals surface area contributed by atoms with E-state index in [1.54, 1.807) is 6.08 Å². The summed E-state index contributed by atoms with van der Waals surface area (Å²) in [7, 11) is 0. The van der Waals surface area contributed by atoms with Crippen molar-refractivity contribution < 1.29 is 9.59 Å². The number of amides is 2. The average Bonchev–Trinajstić information content (AvgIpc) is 2.93. The molecular formula is C32H30N2O2S. The number of nitrogens with one attached hydrogen (secondary N) is 2. The zero-order chi connectivity index (χ0) is 26.0. The van der Waals surface area contributed by atoms with Crippen LogP contribution in [0.5, 0.6) is 0 Å². The highest BCUT2D eigenvalue weighted by molar-refractivity contribution is 8.00. The molecule has 5 heteroatoms. The zero-order valence-corrected chi connectivity index (χ0v) is 21.8. The van der Waals surface area contributed by atoms with Crippen molar-refractivity contribution in [2.45, 2.75) is 30.4 Å². The van der Waals surface area contributed by atoms with Gasteiger partial charge in [-0.25, -0.2) is 0 Å². The molecule has 1 atom stereocenters. The van der Waals surface area contributed by atoms with E-state index in [0.717, 1.165) is 39.3 Å². The van der Waals surface area contributed by atoms with Crippen LogP contribution >= 0.6 is 11.8 Å². The molecule has 0 bridgehead atoms. The van der Waals surface area contributed by atoms with Crippen LogP contribution in [0.15, 0.2) is 114 Å². The number of carbonyl (C=O) groups excluding carboxylic acids is 2. The largest absolute Gasteiger partial charge is 0.324 e. The van der Waals surface area contributed by atoms with Gasteiger partial charge in [-0.1, -0.05) is 91.9 Å². The topological polar surface area (TPSA) is 58.2 Å². The molecule has 4 aromatic rings. The summed E-state index contributed by atoms with van der Waals surface area (Å²) in [6.45, 7) is 4.10. The van der Waals surface area contributed by atoms with Crippen LogP contribution in [0.25, 0.3) is 6.08 Å². The summed E-state index contributed by atoms with van der Waals surface area (Å²) in [5.74, 6) is -0.296. The Kier molecular flexibility index (Phi) is 8.95. The highest BCUT2D eigenvalue weighted by Gasteiger charge is 2.23. The minimum atomic E-state index is -0.463. The van der Waals surface area contributed by atoms with Gasteiger partial charge < -0.3 is 10.6 Å². The maximum atomic E-state index is 13.6. The highest BCUT2D eigenvalue weighted by atomic mass is 32.2. The summed E-state index contributed by atoms with van der Waals surface area (Å²) in [6.07, 6.45) is 4.13. The van der Waals surface area contributed by atoms with Crippen molar-refractivity contribution in [3.05, 3.63) is 131 Å². The van der Waals surface area contributed by atoms with E-state index in [2.05, 4.69) is 17.6 Å². The molecule has 2 amide bonds. The summed E-state index contributed by atoms with van der Waals surface area (Å²) in [4.78, 5) is 27.0. The molecule has 0 radical (unpaired) electrons. The number of rotatable bonds is 9. The molecule has 2 N–H and O–H groups in total. The third kappa shape index (κ3) is 7.21. The maximum absolute atomic E-state index is 13.6. The number of anilines is 2. The van der Waals surface area contributed by atoms with E-state index in [0.29, 0.717) is 5.69 Å². The minimum absolute atomic E-state index is 0.0829. The standard InChI is InChI=1S/C32H30N2O2S/c1-3-25-17-10-12-23(2)30(25)34-32(36)31(26-15-8-5-9-16-26)37-28-19-11-18-27(22-28)33-29(35)21-20-24-13-6-4-7-14-24/h4-22,31H,3H2,1-2H3,(H,33,35)(H,34,36)/b21-20+. The molecule has 0 saturated carbocycles. The lowest BCUT2D eigenvalue weighted by Gasteiger charge is -2.20. The molecule has 186 valence electrons. The second-order valence-corrected chi connectivity index (χ2v) is 9.80. The quantitative estimate of drug-likeness (QED) is 0.181. The summed E-state index contributed by atoms with van der Waals surface area (Å²) in [5, 5.41) is 5.64. The lowest BCUT2D eigenvalue weighted by atomic mass is 10.1. The molecule has 0 aromatic heterocycles. The van der Waals surface area contributed by atoms with Crippen molar-refractivity contribution in [2.75, 3.05) is 10.6 Å². The predicted molar refractivity (Wildman–Crippen MR) is 155 cm³/mol. The van der Waals surface area contributed by atoms with Crippen LogP contribution in [0.4, 0.5) is 11.4 Å². The first-order chi connectivity index (χ1) is 18.0. The van der Waals surface area contributed by atoms with Crippen molar-refractivity contribution in [3.8, 4) is 0 Å². The number of aryl methyl sites for hydroxylation is 2. The van der Waals surface area contributed by atoms with Gasteiger partial charge in [0.1, 0.15) is 5.25 Å². The Labute approximate surface area is 222 Å². The van der Waals surface area contributed by atoms with Gasteiger partial charge in [-0.2, -0.15) is 0 Å². The molecular weight excluding hydrogens is 476 g/mol. The normalized spacial score (nSPS) is 11.7. The van der Waals surface area contributed by atoms with Crippen molar-refractivity contribution in [3.63, 3.8) is 0 Å². The lowest BCUT2D eigenvalue weighted by Crippen LogP contribution is -2.20. The van der Waals surface area contributed by atoms with Gasteiger partial charge in [0.05, 0.1) is 0 Å². The van der Waals surface area contributed by atoms with Crippen molar-refractivity contribution >= 4 is 41.0 Å². The van der Waals surface area contributed by atoms with Crippen LogP contribution in [0.3, 0.4) is 0 Å². The molecule has 0 heterocycles. The Hall–Kier alpha value is -4.09. The first-order valence-electron chi connectivity index (χ1n) is 12.3. The SMILES string of the molecule is CCc1cccc(C)c1NC(=O)C(Sc1cccc(NC(=O)/C=C/c2ccccc2)c1)c1ccccc1. The van der Waals surface area contributed by atoms with Gasteiger partial charge in [-0.3, -0.25) is 9.59 Å². The maximum Gasteiger partial charge on any atom is 0.248 e. The minimum Gasteiger partial charge on any atom is -0.324 e. The van der Waals surface area contributed by atoms with Crippen LogP contribution in [0.1, 0.15) is 34.4 Å². The van der Waals surface area contributed by atoms with E-state index < -0.39 is 5.25 Å². The number of hydrogen-bond donors (Lipinski definition) is 2. The van der Waals surface area contributed by atoms with Crippen LogP contribution in [0.2, 0.25) is 0 Å². The molecule has 37 heavy (non-hydrogen) atoms. The van der Waals surface area contributed by atoms with Crippen molar-refractivity contribution in [1.29, 1.82) is 0 Å². The molecule has 0 aliphatic carbocycles. The van der Waals surface area contributed by atoms with Gasteiger partial charge in [0.25, 0.3) is 0 Å². The smallest absolute Gasteiger partial charge is 0.248 e. The van der Waals surface area contributed by atoms with E-state index >= 15 is 0 Å². The Bertz CT molecular complexity index is 1380. The molecule has 0 spiro atoms. The molecule has 4 rings (SSSR count). The van der Waals surface area contributed by atoms with E-state index in [-0.39, 0.29) is 11.8 Å². The summed E-state index contributed by atoms with van der Waals surface area (Å²) in [6, 6.07) is 33.1. The second-order valence-electron chi connectivity index (χ2n) is 8.62. The van der Waals surface area contributed by atoms with Crippen LogP contribution < -0.4 is 10.6 Å². The number of carbonyl (C=O) groups is 2. The first-order valence-corrected chi connectivity index (χ1v) is 13.2. The number of para-hydroxylation sites is 1. The molecule has 0 fully saturated rings. The van der Waals surface area contributed by atoms with Gasteiger partial charge in [0.15, 0.2) is 0 Å². The Morgan fingerprint density at radius 2 is 1.54 bits per heavy atom. The first kappa shape index (κ1) is 26.0. The van der Waals surface area contributed by atoms with E-state index in [9.17, 15) is 9.59 Å². The van der Waals surface area contributed by atoms with Gasteiger partial charge in [-0.15, -0.1) is 11.8 Å². The second kappa shape index (κ2) is 12.7. The summed E-state index contributed by atoms with van der Waals surface area (Å²) < 4.78 is 0. The van der Waals surface area contributed by atoms with E-state index in [1.165, 1.54) is 17.8 Å². The fraction of sp³-hybridized carbons (Fsp3) is 0.125.